The van der Waals surface area contributed by atoms with Crippen molar-refractivity contribution < 1.29 is 0 Å². The van der Waals surface area contributed by atoms with Crippen LogP contribution in [0.1, 0.15) is 5.69 Å². The van der Waals surface area contributed by atoms with E-state index in [1.165, 1.54) is 11.8 Å². The highest BCUT2D eigenvalue weighted by Gasteiger charge is 2.24. The Labute approximate surface area is 175 Å². The number of piperazine rings is 1. The van der Waals surface area contributed by atoms with Gasteiger partial charge in [0.15, 0.2) is 5.82 Å². The lowest BCUT2D eigenvalue weighted by Crippen LogP contribution is -2.46. The van der Waals surface area contributed by atoms with Crippen LogP contribution in [0, 0.1) is 6.57 Å². The molecule has 1 saturated heterocycles. The van der Waals surface area contributed by atoms with Gasteiger partial charge in [0.2, 0.25) is 0 Å². The maximum absolute atomic E-state index is 7.70. The van der Waals surface area contributed by atoms with Crippen LogP contribution in [0.15, 0.2) is 59.8 Å². The van der Waals surface area contributed by atoms with Crippen LogP contribution in [0.3, 0.4) is 0 Å². The Kier molecular flexibility index (Phi) is 6.03. The second kappa shape index (κ2) is 9.03. The minimum atomic E-state index is 0.551. The minimum absolute atomic E-state index is 0.551. The molecule has 6 nitrogen and oxygen atoms in total. The third kappa shape index (κ3) is 4.39. The Morgan fingerprint density at radius 1 is 1.00 bits per heavy atom. The molecule has 4 rings (SSSR count). The number of rotatable bonds is 5. The third-order valence-corrected chi connectivity index (χ3v) is 5.63. The number of benzene rings is 1. The van der Waals surface area contributed by atoms with Gasteiger partial charge in [-0.15, -0.1) is 11.8 Å². The molecule has 0 bridgehead atoms. The van der Waals surface area contributed by atoms with Crippen LogP contribution >= 0.6 is 11.8 Å². The van der Waals surface area contributed by atoms with Crippen LogP contribution in [-0.4, -0.2) is 52.3 Å². The number of hydrogen-bond acceptors (Lipinski definition) is 6. The summed E-state index contributed by atoms with van der Waals surface area (Å²) in [5.74, 6) is 1.42. The lowest BCUT2D eigenvalue weighted by atomic mass is 10.2. The fraction of sp³-hybridized carbons (Fsp3) is 0.273. The predicted molar refractivity (Wildman–Crippen MR) is 117 cm³/mol. The SMILES string of the molecule is [C-]#[N+]c1c(SC)nc(-c2ccccc2)nc1N1CCN(Cc2ccccn2)CC1. The molecule has 0 spiro atoms. The van der Waals surface area contributed by atoms with Gasteiger partial charge in [-0.3, -0.25) is 9.88 Å². The minimum Gasteiger partial charge on any atom is -0.363 e. The Morgan fingerprint density at radius 3 is 2.41 bits per heavy atom. The zero-order chi connectivity index (χ0) is 20.1. The molecule has 29 heavy (non-hydrogen) atoms. The summed E-state index contributed by atoms with van der Waals surface area (Å²) >= 11 is 1.50. The van der Waals surface area contributed by atoms with Gasteiger partial charge in [-0.25, -0.2) is 14.8 Å². The second-order valence-electron chi connectivity index (χ2n) is 6.79. The number of thioether (sulfide) groups is 1. The molecule has 146 valence electrons. The van der Waals surface area contributed by atoms with E-state index in [1.807, 2.05) is 54.9 Å². The lowest BCUT2D eigenvalue weighted by molar-refractivity contribution is 0.246. The van der Waals surface area contributed by atoms with Crippen molar-refractivity contribution in [1.29, 1.82) is 0 Å². The third-order valence-electron chi connectivity index (χ3n) is 4.95. The van der Waals surface area contributed by atoms with Crippen molar-refractivity contribution in [1.82, 2.24) is 19.9 Å². The molecule has 1 aliphatic heterocycles. The molecule has 3 aromatic rings. The summed E-state index contributed by atoms with van der Waals surface area (Å²) in [6, 6.07) is 16.0. The smallest absolute Gasteiger partial charge is 0.259 e. The van der Waals surface area contributed by atoms with E-state index in [1.54, 1.807) is 0 Å². The molecule has 0 radical (unpaired) electrons. The second-order valence-corrected chi connectivity index (χ2v) is 7.59. The van der Waals surface area contributed by atoms with Gasteiger partial charge in [-0.1, -0.05) is 36.4 Å². The highest BCUT2D eigenvalue weighted by molar-refractivity contribution is 7.98. The molecular formula is C22H22N6S. The summed E-state index contributed by atoms with van der Waals surface area (Å²) in [7, 11) is 0. The average molecular weight is 403 g/mol. The zero-order valence-corrected chi connectivity index (χ0v) is 17.1. The predicted octanol–water partition coefficient (Wildman–Crippen LogP) is 4.13. The standard InChI is InChI=1S/C22H22N6S/c1-23-19-21(25-20(26-22(19)29-2)17-8-4-3-5-9-17)28-14-12-27(13-15-28)16-18-10-6-7-11-24-18/h3-11H,12-16H2,2H3. The number of nitrogens with zero attached hydrogens (tertiary/aromatic N) is 6. The van der Waals surface area contributed by atoms with E-state index in [2.05, 4.69) is 30.7 Å². The summed E-state index contributed by atoms with van der Waals surface area (Å²) in [6.07, 6.45) is 3.80. The van der Waals surface area contributed by atoms with Gasteiger partial charge in [-0.2, -0.15) is 0 Å². The number of aromatic nitrogens is 3. The van der Waals surface area contributed by atoms with E-state index in [0.717, 1.165) is 54.8 Å². The van der Waals surface area contributed by atoms with Crippen LogP contribution in [0.25, 0.3) is 16.2 Å². The van der Waals surface area contributed by atoms with E-state index in [9.17, 15) is 0 Å². The fourth-order valence-electron chi connectivity index (χ4n) is 3.44. The molecule has 0 atom stereocenters. The molecule has 1 aromatic carbocycles. The van der Waals surface area contributed by atoms with Gasteiger partial charge >= 0.3 is 0 Å². The van der Waals surface area contributed by atoms with Crippen LogP contribution in [-0.2, 0) is 6.54 Å². The van der Waals surface area contributed by atoms with Gasteiger partial charge in [0.05, 0.1) is 12.3 Å². The topological polar surface area (TPSA) is 49.5 Å². The highest BCUT2D eigenvalue weighted by Crippen LogP contribution is 2.37. The Morgan fingerprint density at radius 2 is 1.76 bits per heavy atom. The number of pyridine rings is 1. The molecule has 0 unspecified atom stereocenters. The number of anilines is 1. The van der Waals surface area contributed by atoms with Crippen molar-refractivity contribution >= 4 is 23.3 Å². The van der Waals surface area contributed by atoms with Gasteiger partial charge in [0.25, 0.3) is 5.69 Å². The van der Waals surface area contributed by atoms with Crippen molar-refractivity contribution in [2.75, 3.05) is 37.3 Å². The van der Waals surface area contributed by atoms with Crippen LogP contribution in [0.2, 0.25) is 0 Å². The largest absolute Gasteiger partial charge is 0.363 e. The van der Waals surface area contributed by atoms with Gasteiger partial charge in [0.1, 0.15) is 10.8 Å². The van der Waals surface area contributed by atoms with E-state index in [-0.39, 0.29) is 0 Å². The molecule has 2 aromatic heterocycles. The van der Waals surface area contributed by atoms with Crippen LogP contribution in [0.5, 0.6) is 0 Å². The van der Waals surface area contributed by atoms with Crippen LogP contribution in [0.4, 0.5) is 11.5 Å². The van der Waals surface area contributed by atoms with Gasteiger partial charge < -0.3 is 4.90 Å². The highest BCUT2D eigenvalue weighted by atomic mass is 32.2. The van der Waals surface area contributed by atoms with Crippen molar-refractivity contribution in [2.24, 2.45) is 0 Å². The molecule has 1 aliphatic rings. The quantitative estimate of drug-likeness (QED) is 0.363. The lowest BCUT2D eigenvalue weighted by Gasteiger charge is -2.36. The summed E-state index contributed by atoms with van der Waals surface area (Å²) in [5.41, 5.74) is 2.60. The first-order valence-electron chi connectivity index (χ1n) is 9.54. The van der Waals surface area contributed by atoms with Crippen molar-refractivity contribution in [3.63, 3.8) is 0 Å². The summed E-state index contributed by atoms with van der Waals surface area (Å²) in [4.78, 5) is 22.3. The zero-order valence-electron chi connectivity index (χ0n) is 16.3. The summed E-state index contributed by atoms with van der Waals surface area (Å²) in [5, 5.41) is 0.736. The van der Waals surface area contributed by atoms with Gasteiger partial charge in [-0.05, 0) is 18.4 Å². The molecule has 1 fully saturated rings. The summed E-state index contributed by atoms with van der Waals surface area (Å²) in [6.45, 7) is 12.0. The molecule has 0 aliphatic carbocycles. The Bertz CT molecular complexity index is 995. The maximum atomic E-state index is 7.70. The Balaban J connectivity index is 1.57. The van der Waals surface area contributed by atoms with Crippen molar-refractivity contribution in [3.8, 4) is 11.4 Å². The molecule has 0 saturated carbocycles. The first kappa shape index (κ1) is 19.4. The van der Waals surface area contributed by atoms with E-state index in [4.69, 9.17) is 11.6 Å². The normalized spacial score (nSPS) is 14.6. The fourth-order valence-corrected chi connectivity index (χ4v) is 3.95. The van der Waals surface area contributed by atoms with E-state index in [0.29, 0.717) is 11.5 Å². The van der Waals surface area contributed by atoms with Gasteiger partial charge in [0, 0.05) is 44.5 Å². The average Bonchev–Trinajstić information content (AvgIpc) is 2.80. The van der Waals surface area contributed by atoms with Crippen molar-refractivity contribution in [2.45, 2.75) is 11.6 Å². The first-order valence-corrected chi connectivity index (χ1v) is 10.8. The molecule has 7 heteroatoms. The van der Waals surface area contributed by atoms with Crippen LogP contribution < -0.4 is 4.90 Å². The molecule has 0 amide bonds. The molecule has 0 N–H and O–H groups in total. The van der Waals surface area contributed by atoms with E-state index >= 15 is 0 Å². The van der Waals surface area contributed by atoms with Crippen molar-refractivity contribution in [3.05, 3.63) is 71.8 Å². The van der Waals surface area contributed by atoms with E-state index < -0.39 is 0 Å². The molecule has 3 heterocycles. The summed E-state index contributed by atoms with van der Waals surface area (Å²) < 4.78 is 0. The maximum Gasteiger partial charge on any atom is 0.259 e. The monoisotopic (exact) mass is 402 g/mol. The Hall–Kier alpha value is -2.95. The number of hydrogen-bond donors (Lipinski definition) is 0. The molecular weight excluding hydrogens is 380 g/mol. The first-order chi connectivity index (χ1) is 14.3.